The number of hydrogen-bond acceptors (Lipinski definition) is 3. The number of aliphatic hydroxyl groups excluding tert-OH is 1. The molecule has 18 heavy (non-hydrogen) atoms. The number of nitrogens with zero attached hydrogens (tertiary/aromatic N) is 2. The molecule has 5 nitrogen and oxygen atoms in total. The van der Waals surface area contributed by atoms with Crippen LogP contribution in [-0.4, -0.2) is 39.7 Å². The largest absolute Gasteiger partial charge is 0.397 e. The lowest BCUT2D eigenvalue weighted by Crippen LogP contribution is -2.40. The maximum Gasteiger partial charge on any atom is 0.270 e. The van der Waals surface area contributed by atoms with Crippen LogP contribution in [0.4, 0.5) is 5.69 Å². The molecule has 0 saturated heterocycles. The number of hydrogen-bond donors (Lipinski definition) is 2. The van der Waals surface area contributed by atoms with Crippen molar-refractivity contribution < 1.29 is 9.90 Å². The molecule has 0 aliphatic carbocycles. The zero-order valence-electron chi connectivity index (χ0n) is 11.6. The predicted octanol–water partition coefficient (Wildman–Crippen LogP) is 1.49. The molecule has 102 valence electrons. The van der Waals surface area contributed by atoms with Gasteiger partial charge in [0.05, 0.1) is 12.3 Å². The van der Waals surface area contributed by atoms with Gasteiger partial charge >= 0.3 is 0 Å². The van der Waals surface area contributed by atoms with E-state index in [1.807, 2.05) is 32.3 Å². The Morgan fingerprint density at radius 3 is 2.50 bits per heavy atom. The number of aromatic nitrogens is 1. The Bertz CT molecular complexity index is 410. The molecule has 0 aliphatic heterocycles. The molecular weight excluding hydrogens is 230 g/mol. The summed E-state index contributed by atoms with van der Waals surface area (Å²) in [6, 6.07) is 1.90. The molecule has 1 amide bonds. The van der Waals surface area contributed by atoms with Gasteiger partial charge in [-0.25, -0.2) is 0 Å². The Morgan fingerprint density at radius 1 is 1.44 bits per heavy atom. The van der Waals surface area contributed by atoms with Crippen molar-refractivity contribution in [3.63, 3.8) is 0 Å². The van der Waals surface area contributed by atoms with Gasteiger partial charge in [-0.05, 0) is 33.8 Å². The van der Waals surface area contributed by atoms with Crippen molar-refractivity contribution in [1.29, 1.82) is 0 Å². The van der Waals surface area contributed by atoms with Gasteiger partial charge in [-0.15, -0.1) is 0 Å². The van der Waals surface area contributed by atoms with Crippen molar-refractivity contribution in [2.45, 2.75) is 39.8 Å². The second-order valence-corrected chi connectivity index (χ2v) is 4.98. The van der Waals surface area contributed by atoms with Crippen molar-refractivity contribution >= 4 is 11.6 Å². The Hall–Kier alpha value is -1.49. The zero-order chi connectivity index (χ0) is 13.9. The molecule has 3 N–H and O–H groups in total. The Balaban J connectivity index is 3.08. The standard InChI is InChI=1S/C13H23N3O2/c1-9(2)15(5-6-17)13(18)12-7-11(14)8-16(12)10(3)4/h7-10,17H,5-6,14H2,1-4H3. The average molecular weight is 253 g/mol. The minimum atomic E-state index is -0.0931. The fraction of sp³-hybridized carbons (Fsp3) is 0.615. The van der Waals surface area contributed by atoms with E-state index in [-0.39, 0.29) is 24.6 Å². The molecule has 5 heteroatoms. The Labute approximate surface area is 108 Å². The third-order valence-electron chi connectivity index (χ3n) is 2.87. The highest BCUT2D eigenvalue weighted by atomic mass is 16.3. The summed E-state index contributed by atoms with van der Waals surface area (Å²) < 4.78 is 1.87. The van der Waals surface area contributed by atoms with Gasteiger partial charge in [-0.3, -0.25) is 4.79 Å². The van der Waals surface area contributed by atoms with Crippen molar-refractivity contribution in [2.24, 2.45) is 0 Å². The lowest BCUT2D eigenvalue weighted by atomic mass is 10.2. The van der Waals surface area contributed by atoms with Gasteiger partial charge < -0.3 is 20.3 Å². The van der Waals surface area contributed by atoms with Gasteiger partial charge in [0.2, 0.25) is 0 Å². The molecule has 0 aliphatic rings. The van der Waals surface area contributed by atoms with Gasteiger partial charge in [0.15, 0.2) is 0 Å². The van der Waals surface area contributed by atoms with Crippen LogP contribution < -0.4 is 5.73 Å². The number of amides is 1. The lowest BCUT2D eigenvalue weighted by Gasteiger charge is -2.27. The van der Waals surface area contributed by atoms with Crippen molar-refractivity contribution in [1.82, 2.24) is 9.47 Å². The zero-order valence-corrected chi connectivity index (χ0v) is 11.6. The molecule has 0 spiro atoms. The third-order valence-corrected chi connectivity index (χ3v) is 2.87. The molecule has 0 atom stereocenters. The summed E-state index contributed by atoms with van der Waals surface area (Å²) in [6.45, 7) is 8.16. The van der Waals surface area contributed by atoms with Gasteiger partial charge in [-0.2, -0.15) is 0 Å². The highest BCUT2D eigenvalue weighted by Gasteiger charge is 2.22. The summed E-state index contributed by atoms with van der Waals surface area (Å²) in [5, 5.41) is 9.04. The molecule has 0 saturated carbocycles. The van der Waals surface area contributed by atoms with E-state index in [0.717, 1.165) is 0 Å². The second-order valence-electron chi connectivity index (χ2n) is 4.98. The molecular formula is C13H23N3O2. The normalized spacial score (nSPS) is 11.3. The van der Waals surface area contributed by atoms with Crippen molar-refractivity contribution in [3.05, 3.63) is 18.0 Å². The van der Waals surface area contributed by atoms with Crippen LogP contribution in [-0.2, 0) is 0 Å². The van der Waals surface area contributed by atoms with E-state index < -0.39 is 0 Å². The maximum absolute atomic E-state index is 12.5. The number of nitrogen functional groups attached to an aromatic ring is 1. The number of anilines is 1. The quantitative estimate of drug-likeness (QED) is 0.835. The minimum Gasteiger partial charge on any atom is -0.397 e. The van der Waals surface area contributed by atoms with Crippen LogP contribution in [0.1, 0.15) is 44.2 Å². The number of carbonyl (C=O) groups is 1. The SMILES string of the molecule is CC(C)N(CCO)C(=O)c1cc(N)cn1C(C)C. The molecule has 0 bridgehead atoms. The van der Waals surface area contributed by atoms with E-state index in [0.29, 0.717) is 17.9 Å². The molecule has 0 unspecified atom stereocenters. The molecule has 1 heterocycles. The fourth-order valence-corrected chi connectivity index (χ4v) is 1.95. The molecule has 0 fully saturated rings. The van der Waals surface area contributed by atoms with Gasteiger partial charge in [-0.1, -0.05) is 0 Å². The Kier molecular flexibility index (Phi) is 4.78. The van der Waals surface area contributed by atoms with Gasteiger partial charge in [0, 0.05) is 24.8 Å². The van der Waals surface area contributed by atoms with E-state index in [4.69, 9.17) is 10.8 Å². The Morgan fingerprint density at radius 2 is 2.06 bits per heavy atom. The fourth-order valence-electron chi connectivity index (χ4n) is 1.95. The van der Waals surface area contributed by atoms with E-state index in [2.05, 4.69) is 0 Å². The minimum absolute atomic E-state index is 0.0399. The first-order valence-corrected chi connectivity index (χ1v) is 6.27. The summed E-state index contributed by atoms with van der Waals surface area (Å²) >= 11 is 0. The number of carbonyl (C=O) groups excluding carboxylic acids is 1. The highest BCUT2D eigenvalue weighted by Crippen LogP contribution is 2.19. The van der Waals surface area contributed by atoms with Gasteiger partial charge in [0.25, 0.3) is 5.91 Å². The van der Waals surface area contributed by atoms with Crippen LogP contribution in [0.25, 0.3) is 0 Å². The van der Waals surface area contributed by atoms with Crippen molar-refractivity contribution in [2.75, 3.05) is 18.9 Å². The molecule has 1 rings (SSSR count). The topological polar surface area (TPSA) is 71.5 Å². The average Bonchev–Trinajstić information content (AvgIpc) is 2.67. The molecule has 0 radical (unpaired) electrons. The second kappa shape index (κ2) is 5.91. The first kappa shape index (κ1) is 14.6. The number of nitrogens with two attached hydrogens (primary N) is 1. The summed E-state index contributed by atoms with van der Waals surface area (Å²) in [6.07, 6.45) is 1.77. The van der Waals surface area contributed by atoms with Crippen LogP contribution in [0.15, 0.2) is 12.3 Å². The third kappa shape index (κ3) is 3.04. The lowest BCUT2D eigenvalue weighted by molar-refractivity contribution is 0.0653. The first-order chi connectivity index (χ1) is 8.38. The van der Waals surface area contributed by atoms with E-state index in [1.165, 1.54) is 0 Å². The maximum atomic E-state index is 12.5. The predicted molar refractivity (Wildman–Crippen MR) is 72.5 cm³/mol. The summed E-state index contributed by atoms with van der Waals surface area (Å²) in [5.41, 5.74) is 6.92. The smallest absolute Gasteiger partial charge is 0.270 e. The summed E-state index contributed by atoms with van der Waals surface area (Å²) in [4.78, 5) is 14.1. The molecule has 1 aromatic rings. The van der Waals surface area contributed by atoms with Crippen LogP contribution in [0.2, 0.25) is 0 Å². The van der Waals surface area contributed by atoms with Crippen LogP contribution in [0.3, 0.4) is 0 Å². The van der Waals surface area contributed by atoms with Crippen LogP contribution >= 0.6 is 0 Å². The number of aliphatic hydroxyl groups is 1. The number of rotatable bonds is 5. The summed E-state index contributed by atoms with van der Waals surface area (Å²) in [5.74, 6) is -0.0931. The van der Waals surface area contributed by atoms with Gasteiger partial charge in [0.1, 0.15) is 5.69 Å². The van der Waals surface area contributed by atoms with Crippen LogP contribution in [0.5, 0.6) is 0 Å². The monoisotopic (exact) mass is 253 g/mol. The molecule has 1 aromatic heterocycles. The van der Waals surface area contributed by atoms with E-state index >= 15 is 0 Å². The summed E-state index contributed by atoms with van der Waals surface area (Å²) in [7, 11) is 0. The highest BCUT2D eigenvalue weighted by molar-refractivity contribution is 5.94. The first-order valence-electron chi connectivity index (χ1n) is 6.27. The van der Waals surface area contributed by atoms with E-state index in [1.54, 1.807) is 17.2 Å². The van der Waals surface area contributed by atoms with Crippen molar-refractivity contribution in [3.8, 4) is 0 Å². The van der Waals surface area contributed by atoms with E-state index in [9.17, 15) is 4.79 Å². The van der Waals surface area contributed by atoms with Crippen LogP contribution in [0, 0.1) is 0 Å². The molecule has 0 aromatic carbocycles.